The zero-order chi connectivity index (χ0) is 21.8. The van der Waals surface area contributed by atoms with Crippen molar-refractivity contribution in [2.24, 2.45) is 7.05 Å². The Labute approximate surface area is 174 Å². The summed E-state index contributed by atoms with van der Waals surface area (Å²) in [6.45, 7) is 5.67. The Balaban J connectivity index is 1.60. The highest BCUT2D eigenvalue weighted by molar-refractivity contribution is 5.79. The van der Waals surface area contributed by atoms with E-state index in [4.69, 9.17) is 14.2 Å². The molecule has 1 aromatic heterocycles. The molecular weight excluding hydrogens is 396 g/mol. The van der Waals surface area contributed by atoms with Crippen molar-refractivity contribution in [3.8, 4) is 11.8 Å². The molecular formula is C21H29F2N3O4. The minimum Gasteiger partial charge on any atom is -0.488 e. The normalized spacial score (nSPS) is 20.2. The number of aryl methyl sites for hydroxylation is 1. The predicted molar refractivity (Wildman–Crippen MR) is 108 cm³/mol. The zero-order valence-corrected chi connectivity index (χ0v) is 17.8. The number of fused-ring (bicyclic) bond motifs is 1. The Morgan fingerprint density at radius 3 is 2.60 bits per heavy atom. The molecule has 1 heterocycles. The fraction of sp³-hybridized carbons (Fsp3) is 0.619. The van der Waals surface area contributed by atoms with E-state index in [2.05, 4.69) is 10.3 Å². The topological polar surface area (TPSA) is 74.6 Å². The number of carbonyl (C=O) groups is 1. The first-order valence-corrected chi connectivity index (χ1v) is 10.3. The summed E-state index contributed by atoms with van der Waals surface area (Å²) >= 11 is 0. The van der Waals surface area contributed by atoms with E-state index in [1.807, 2.05) is 6.92 Å². The third-order valence-corrected chi connectivity index (χ3v) is 5.20. The van der Waals surface area contributed by atoms with Gasteiger partial charge in [0.25, 0.3) is 6.01 Å². The lowest BCUT2D eigenvalue weighted by atomic mass is 9.95. The van der Waals surface area contributed by atoms with Gasteiger partial charge in [0.15, 0.2) is 17.4 Å². The number of rotatable bonds is 8. The fourth-order valence-corrected chi connectivity index (χ4v) is 3.73. The molecule has 0 aliphatic heterocycles. The van der Waals surface area contributed by atoms with Gasteiger partial charge < -0.3 is 19.5 Å². The summed E-state index contributed by atoms with van der Waals surface area (Å²) in [5, 5.41) is 2.80. The van der Waals surface area contributed by atoms with Crippen LogP contribution in [0.3, 0.4) is 0 Å². The molecule has 9 heteroatoms. The van der Waals surface area contributed by atoms with Crippen molar-refractivity contribution in [1.29, 1.82) is 0 Å². The molecule has 1 atom stereocenters. The lowest BCUT2D eigenvalue weighted by molar-refractivity contribution is -0.120. The molecule has 1 N–H and O–H groups in total. The summed E-state index contributed by atoms with van der Waals surface area (Å²) in [5.41, 5.74) is 0.341. The molecule has 2 aromatic rings. The average Bonchev–Trinajstić information content (AvgIpc) is 3.00. The number of aromatic nitrogens is 2. The molecule has 0 radical (unpaired) electrons. The van der Waals surface area contributed by atoms with Gasteiger partial charge in [-0.05, 0) is 39.5 Å². The smallest absolute Gasteiger partial charge is 0.297 e. The van der Waals surface area contributed by atoms with Crippen LogP contribution in [0.15, 0.2) is 6.07 Å². The summed E-state index contributed by atoms with van der Waals surface area (Å²) in [7, 11) is 1.67. The molecule has 30 heavy (non-hydrogen) atoms. The number of benzene rings is 1. The summed E-state index contributed by atoms with van der Waals surface area (Å²) in [6.07, 6.45) is 3.21. The van der Waals surface area contributed by atoms with Gasteiger partial charge in [0, 0.05) is 26.1 Å². The van der Waals surface area contributed by atoms with Gasteiger partial charge in [-0.25, -0.2) is 8.78 Å². The molecule has 1 aliphatic carbocycles. The maximum atomic E-state index is 14.6. The molecule has 1 saturated carbocycles. The van der Waals surface area contributed by atoms with Gasteiger partial charge in [-0.15, -0.1) is 0 Å². The first-order valence-electron chi connectivity index (χ1n) is 10.3. The number of ether oxygens (including phenoxy) is 3. The standard InChI is InChI=1S/C21H29F2N3O4/c1-5-28-20-16(22)10-17-19(18(20)23)25-21(26(17)4)30-15-8-6-14(7-9-15)29-11-12(2)24-13(3)27/h10,12,14-15H,5-9,11H2,1-4H3,(H,24,27)/t12-,14-,15-/m0/s1. The quantitative estimate of drug-likeness (QED) is 0.701. The van der Waals surface area contributed by atoms with Crippen molar-refractivity contribution < 1.29 is 27.8 Å². The van der Waals surface area contributed by atoms with Crippen LogP contribution in [0.25, 0.3) is 11.0 Å². The Morgan fingerprint density at radius 1 is 1.30 bits per heavy atom. The Kier molecular flexibility index (Phi) is 7.12. The lowest BCUT2D eigenvalue weighted by Crippen LogP contribution is -2.37. The van der Waals surface area contributed by atoms with Crippen LogP contribution in [-0.4, -0.2) is 46.9 Å². The van der Waals surface area contributed by atoms with E-state index in [0.717, 1.165) is 25.7 Å². The van der Waals surface area contributed by atoms with Gasteiger partial charge in [0.2, 0.25) is 5.91 Å². The molecule has 0 bridgehead atoms. The van der Waals surface area contributed by atoms with Gasteiger partial charge in [0.1, 0.15) is 11.6 Å². The number of hydrogen-bond acceptors (Lipinski definition) is 5. The van der Waals surface area contributed by atoms with Gasteiger partial charge in [-0.1, -0.05) is 0 Å². The number of nitrogens with zero attached hydrogens (tertiary/aromatic N) is 2. The largest absolute Gasteiger partial charge is 0.488 e. The number of nitrogens with one attached hydrogen (secondary N) is 1. The van der Waals surface area contributed by atoms with E-state index in [1.54, 1.807) is 18.5 Å². The third kappa shape index (κ3) is 5.00. The molecule has 1 aliphatic rings. The second-order valence-corrected chi connectivity index (χ2v) is 7.71. The molecule has 3 rings (SSSR count). The lowest BCUT2D eigenvalue weighted by Gasteiger charge is -2.29. The molecule has 166 valence electrons. The van der Waals surface area contributed by atoms with Crippen LogP contribution < -0.4 is 14.8 Å². The Hall–Kier alpha value is -2.42. The van der Waals surface area contributed by atoms with E-state index in [0.29, 0.717) is 12.1 Å². The first-order chi connectivity index (χ1) is 14.3. The molecule has 0 saturated heterocycles. The molecule has 7 nitrogen and oxygen atoms in total. The van der Waals surface area contributed by atoms with E-state index in [1.165, 1.54) is 13.0 Å². The van der Waals surface area contributed by atoms with Gasteiger partial charge in [-0.2, -0.15) is 4.98 Å². The predicted octanol–water partition coefficient (Wildman–Crippen LogP) is 3.48. The van der Waals surface area contributed by atoms with Crippen LogP contribution in [0.5, 0.6) is 11.8 Å². The number of halogens is 2. The Bertz CT molecular complexity index is 894. The SMILES string of the molecule is CCOc1c(F)cc2c(nc(O[C@H]3CC[C@H](OC[C@H](C)NC(C)=O)CC3)n2C)c1F. The highest BCUT2D eigenvalue weighted by Crippen LogP contribution is 2.33. The van der Waals surface area contributed by atoms with Crippen LogP contribution in [0.2, 0.25) is 0 Å². The van der Waals surface area contributed by atoms with E-state index in [9.17, 15) is 13.6 Å². The fourth-order valence-electron chi connectivity index (χ4n) is 3.73. The van der Waals surface area contributed by atoms with Crippen LogP contribution >= 0.6 is 0 Å². The second-order valence-electron chi connectivity index (χ2n) is 7.71. The van der Waals surface area contributed by atoms with Crippen molar-refractivity contribution in [2.75, 3.05) is 13.2 Å². The van der Waals surface area contributed by atoms with Crippen LogP contribution in [0.4, 0.5) is 8.78 Å². The third-order valence-electron chi connectivity index (χ3n) is 5.20. The number of imidazole rings is 1. The van der Waals surface area contributed by atoms with Crippen LogP contribution in [0, 0.1) is 11.6 Å². The molecule has 1 fully saturated rings. The zero-order valence-electron chi connectivity index (χ0n) is 17.8. The van der Waals surface area contributed by atoms with Crippen LogP contribution in [0.1, 0.15) is 46.5 Å². The van der Waals surface area contributed by atoms with Crippen molar-refractivity contribution in [2.45, 2.75) is 64.7 Å². The van der Waals surface area contributed by atoms with Crippen molar-refractivity contribution in [1.82, 2.24) is 14.9 Å². The monoisotopic (exact) mass is 425 g/mol. The van der Waals surface area contributed by atoms with Gasteiger partial charge in [-0.3, -0.25) is 9.36 Å². The summed E-state index contributed by atoms with van der Waals surface area (Å²) in [5.74, 6) is -2.07. The minimum absolute atomic E-state index is 0.0290. The minimum atomic E-state index is -0.817. The van der Waals surface area contributed by atoms with E-state index in [-0.39, 0.29) is 42.3 Å². The van der Waals surface area contributed by atoms with Crippen LogP contribution in [-0.2, 0) is 16.6 Å². The Morgan fingerprint density at radius 2 is 1.97 bits per heavy atom. The highest BCUT2D eigenvalue weighted by atomic mass is 19.1. The molecule has 0 spiro atoms. The summed E-state index contributed by atoms with van der Waals surface area (Å²) in [6, 6.07) is 1.43. The molecule has 1 amide bonds. The summed E-state index contributed by atoms with van der Waals surface area (Å²) < 4.78 is 47.3. The number of amides is 1. The van der Waals surface area contributed by atoms with E-state index < -0.39 is 17.4 Å². The second kappa shape index (κ2) is 9.59. The first kappa shape index (κ1) is 22.3. The highest BCUT2D eigenvalue weighted by Gasteiger charge is 2.26. The maximum absolute atomic E-state index is 14.6. The number of carbonyl (C=O) groups excluding carboxylic acids is 1. The molecule has 0 unspecified atom stereocenters. The number of hydrogen-bond donors (Lipinski definition) is 1. The van der Waals surface area contributed by atoms with Gasteiger partial charge >= 0.3 is 0 Å². The van der Waals surface area contributed by atoms with Crippen molar-refractivity contribution >= 4 is 16.9 Å². The van der Waals surface area contributed by atoms with Crippen molar-refractivity contribution in [3.05, 3.63) is 17.7 Å². The molecule has 1 aromatic carbocycles. The van der Waals surface area contributed by atoms with Gasteiger partial charge in [0.05, 0.1) is 24.8 Å². The van der Waals surface area contributed by atoms with E-state index >= 15 is 0 Å². The summed E-state index contributed by atoms with van der Waals surface area (Å²) in [4.78, 5) is 15.3. The maximum Gasteiger partial charge on any atom is 0.297 e. The van der Waals surface area contributed by atoms with Crippen molar-refractivity contribution in [3.63, 3.8) is 0 Å². The average molecular weight is 425 g/mol.